The van der Waals surface area contributed by atoms with E-state index in [2.05, 4.69) is 15.0 Å². The van der Waals surface area contributed by atoms with E-state index in [4.69, 9.17) is 22.2 Å². The van der Waals surface area contributed by atoms with Gasteiger partial charge in [-0.05, 0) is 72.9 Å². The number of aromatic nitrogens is 4. The average molecular weight is 510 g/mol. The summed E-state index contributed by atoms with van der Waals surface area (Å²) < 4.78 is 15.1. The number of carbonyl (C=O) groups excluding carboxylic acids is 1. The molecule has 0 aromatic carbocycles. The lowest BCUT2D eigenvalue weighted by atomic mass is 9.69. The summed E-state index contributed by atoms with van der Waals surface area (Å²) in [5.41, 5.74) is 22.3. The number of pyridine rings is 4. The van der Waals surface area contributed by atoms with Crippen molar-refractivity contribution in [1.29, 1.82) is 0 Å². The first-order valence-corrected chi connectivity index (χ1v) is 12.2. The van der Waals surface area contributed by atoms with Gasteiger partial charge in [-0.25, -0.2) is 14.4 Å². The van der Waals surface area contributed by atoms with Crippen molar-refractivity contribution < 1.29 is 9.18 Å². The summed E-state index contributed by atoms with van der Waals surface area (Å²) >= 11 is 0. The molecule has 38 heavy (non-hydrogen) atoms. The zero-order valence-electron chi connectivity index (χ0n) is 21.4. The van der Waals surface area contributed by atoms with E-state index >= 15 is 4.39 Å². The van der Waals surface area contributed by atoms with Crippen LogP contribution in [0.4, 0.5) is 15.9 Å². The molecule has 0 saturated carbocycles. The molecule has 4 heterocycles. The number of aryl methyl sites for hydroxylation is 1. The molecule has 4 aromatic rings. The summed E-state index contributed by atoms with van der Waals surface area (Å²) in [6.07, 6.45) is 6.32. The van der Waals surface area contributed by atoms with Gasteiger partial charge < -0.3 is 17.2 Å². The lowest BCUT2D eigenvalue weighted by Gasteiger charge is -2.34. The molecule has 8 nitrogen and oxygen atoms in total. The Morgan fingerprint density at radius 1 is 1.05 bits per heavy atom. The van der Waals surface area contributed by atoms with Gasteiger partial charge >= 0.3 is 0 Å². The van der Waals surface area contributed by atoms with Gasteiger partial charge in [0.15, 0.2) is 0 Å². The second-order valence-electron chi connectivity index (χ2n) is 9.90. The third-order valence-corrected chi connectivity index (χ3v) is 7.16. The van der Waals surface area contributed by atoms with E-state index in [9.17, 15) is 4.79 Å². The van der Waals surface area contributed by atoms with Gasteiger partial charge in [-0.15, -0.1) is 0 Å². The van der Waals surface area contributed by atoms with Crippen molar-refractivity contribution in [2.24, 2.45) is 17.1 Å². The van der Waals surface area contributed by atoms with Gasteiger partial charge in [0.05, 0.1) is 34.2 Å². The fraction of sp³-hybridized carbons (Fsp3) is 0.207. The SMILES string of the molecule is Cc1cc(-c2ccnc3cnc(-c4nc(C5=C(F)C=CC(C(N)=O)(C(C)C)C5)ccc4N)cc23)cc(N)n1. The van der Waals surface area contributed by atoms with E-state index in [0.717, 1.165) is 22.2 Å². The molecule has 0 aliphatic heterocycles. The van der Waals surface area contributed by atoms with Crippen LogP contribution in [0.1, 0.15) is 31.7 Å². The topological polar surface area (TPSA) is 147 Å². The van der Waals surface area contributed by atoms with Crippen LogP contribution in [-0.4, -0.2) is 25.8 Å². The summed E-state index contributed by atoms with van der Waals surface area (Å²) in [6.45, 7) is 5.66. The lowest BCUT2D eigenvalue weighted by Crippen LogP contribution is -2.41. The summed E-state index contributed by atoms with van der Waals surface area (Å²) in [6, 6.07) is 10.8. The van der Waals surface area contributed by atoms with E-state index in [1.54, 1.807) is 36.7 Å². The van der Waals surface area contributed by atoms with E-state index in [0.29, 0.717) is 39.7 Å². The number of nitrogen functional groups attached to an aromatic ring is 2. The minimum absolute atomic E-state index is 0.0979. The molecule has 1 unspecified atom stereocenters. The summed E-state index contributed by atoms with van der Waals surface area (Å²) in [7, 11) is 0. The molecule has 0 fully saturated rings. The first-order chi connectivity index (χ1) is 18.1. The monoisotopic (exact) mass is 509 g/mol. The first kappa shape index (κ1) is 25.0. The van der Waals surface area contributed by atoms with E-state index in [-0.39, 0.29) is 12.3 Å². The molecule has 0 saturated heterocycles. The van der Waals surface area contributed by atoms with Crippen LogP contribution in [0, 0.1) is 18.3 Å². The maximum absolute atomic E-state index is 15.1. The number of halogens is 1. The highest BCUT2D eigenvalue weighted by Gasteiger charge is 2.41. The smallest absolute Gasteiger partial charge is 0.228 e. The van der Waals surface area contributed by atoms with Crippen LogP contribution in [-0.2, 0) is 4.79 Å². The summed E-state index contributed by atoms with van der Waals surface area (Å²) in [5.74, 6) is -0.684. The number of hydrogen-bond donors (Lipinski definition) is 3. The number of hydrogen-bond acceptors (Lipinski definition) is 7. The molecule has 1 aliphatic carbocycles. The van der Waals surface area contributed by atoms with Crippen molar-refractivity contribution in [3.63, 3.8) is 0 Å². The van der Waals surface area contributed by atoms with E-state index in [1.807, 2.05) is 39.0 Å². The van der Waals surface area contributed by atoms with Gasteiger partial charge in [0.1, 0.15) is 17.3 Å². The Morgan fingerprint density at radius 2 is 1.84 bits per heavy atom. The minimum atomic E-state index is -1.01. The van der Waals surface area contributed by atoms with Crippen LogP contribution in [0.3, 0.4) is 0 Å². The molecular formula is C29H28FN7O. The molecule has 5 rings (SSSR count). The molecule has 1 aliphatic rings. The van der Waals surface area contributed by atoms with Crippen LogP contribution >= 0.6 is 0 Å². The van der Waals surface area contributed by atoms with Crippen LogP contribution < -0.4 is 17.2 Å². The van der Waals surface area contributed by atoms with Crippen LogP contribution in [0.15, 0.2) is 66.8 Å². The maximum atomic E-state index is 15.1. The van der Waals surface area contributed by atoms with Crippen molar-refractivity contribution in [3.05, 3.63) is 78.2 Å². The number of carbonyl (C=O) groups is 1. The molecule has 1 amide bonds. The molecule has 192 valence electrons. The number of nitrogens with two attached hydrogens (primary N) is 3. The molecule has 0 spiro atoms. The highest BCUT2D eigenvalue weighted by molar-refractivity contribution is 5.96. The molecule has 0 radical (unpaired) electrons. The molecule has 9 heteroatoms. The molecule has 4 aromatic heterocycles. The normalized spacial score (nSPS) is 17.4. The summed E-state index contributed by atoms with van der Waals surface area (Å²) in [4.78, 5) is 30.4. The maximum Gasteiger partial charge on any atom is 0.228 e. The first-order valence-electron chi connectivity index (χ1n) is 12.2. The predicted octanol–water partition coefficient (Wildman–Crippen LogP) is 4.99. The predicted molar refractivity (Wildman–Crippen MR) is 148 cm³/mol. The third kappa shape index (κ3) is 4.26. The number of nitrogens with zero attached hydrogens (tertiary/aromatic N) is 4. The molecular weight excluding hydrogens is 481 g/mol. The zero-order valence-corrected chi connectivity index (χ0v) is 21.4. The van der Waals surface area contributed by atoms with Gasteiger partial charge in [-0.3, -0.25) is 14.8 Å². The van der Waals surface area contributed by atoms with Gasteiger partial charge in [-0.1, -0.05) is 19.9 Å². The van der Waals surface area contributed by atoms with Gasteiger partial charge in [0.25, 0.3) is 0 Å². The number of allylic oxidation sites excluding steroid dienone is 3. The van der Waals surface area contributed by atoms with Gasteiger partial charge in [0, 0.05) is 22.9 Å². The Bertz CT molecular complexity index is 1640. The van der Waals surface area contributed by atoms with Gasteiger partial charge in [0.2, 0.25) is 5.91 Å². The number of rotatable bonds is 5. The van der Waals surface area contributed by atoms with Gasteiger partial charge in [-0.2, -0.15) is 0 Å². The van der Waals surface area contributed by atoms with Crippen molar-refractivity contribution in [1.82, 2.24) is 19.9 Å². The van der Waals surface area contributed by atoms with E-state index in [1.165, 1.54) is 6.08 Å². The standard InChI is InChI=1S/C29H28FN7O/c1-15(2)29(28(33)38)8-6-21(30)20(13-29)23-5-4-22(31)27(37-23)24-12-19-18(7-9-34-25(19)14-35-24)17-10-16(3)36-26(32)11-17/h4-12,14-15H,13,31H2,1-3H3,(H2,32,36)(H2,33,38). The fourth-order valence-corrected chi connectivity index (χ4v) is 4.94. The molecule has 6 N–H and O–H groups in total. The fourth-order valence-electron chi connectivity index (χ4n) is 4.94. The second kappa shape index (κ2) is 9.33. The number of anilines is 2. The Hall–Kier alpha value is -4.66. The second-order valence-corrected chi connectivity index (χ2v) is 9.90. The highest BCUT2D eigenvalue weighted by Crippen LogP contribution is 2.44. The molecule has 0 bridgehead atoms. The number of amides is 1. The van der Waals surface area contributed by atoms with Crippen molar-refractivity contribution in [3.8, 4) is 22.5 Å². The Labute approximate surface area is 219 Å². The van der Waals surface area contributed by atoms with Crippen LogP contribution in [0.2, 0.25) is 0 Å². The Morgan fingerprint density at radius 3 is 2.55 bits per heavy atom. The van der Waals surface area contributed by atoms with E-state index < -0.39 is 17.1 Å². The van der Waals surface area contributed by atoms with Crippen LogP contribution in [0.5, 0.6) is 0 Å². The average Bonchev–Trinajstić information content (AvgIpc) is 2.88. The lowest BCUT2D eigenvalue weighted by molar-refractivity contribution is -0.127. The molecule has 1 atom stereocenters. The summed E-state index contributed by atoms with van der Waals surface area (Å²) in [5, 5.41) is 0.827. The van der Waals surface area contributed by atoms with Crippen molar-refractivity contribution in [2.45, 2.75) is 27.2 Å². The quantitative estimate of drug-likeness (QED) is 0.343. The third-order valence-electron chi connectivity index (χ3n) is 7.16. The highest BCUT2D eigenvalue weighted by atomic mass is 19.1. The van der Waals surface area contributed by atoms with Crippen molar-refractivity contribution in [2.75, 3.05) is 11.5 Å². The minimum Gasteiger partial charge on any atom is -0.397 e. The zero-order chi connectivity index (χ0) is 27.2. The Kier molecular flexibility index (Phi) is 6.14. The van der Waals surface area contributed by atoms with Crippen molar-refractivity contribution >= 4 is 33.9 Å². The van der Waals surface area contributed by atoms with Crippen LogP contribution in [0.25, 0.3) is 39.0 Å². The number of primary amides is 1. The Balaban J connectivity index is 1.63. The largest absolute Gasteiger partial charge is 0.397 e. The number of fused-ring (bicyclic) bond motifs is 1.